The van der Waals surface area contributed by atoms with Crippen LogP contribution in [0.25, 0.3) is 11.1 Å². The summed E-state index contributed by atoms with van der Waals surface area (Å²) in [6.45, 7) is 1.94. The molecular formula is C21H21N3O4. The van der Waals surface area contributed by atoms with Crippen molar-refractivity contribution in [1.82, 2.24) is 4.68 Å². The Morgan fingerprint density at radius 3 is 2.54 bits per heavy atom. The van der Waals surface area contributed by atoms with Gasteiger partial charge in [-0.25, -0.2) is 9.47 Å². The van der Waals surface area contributed by atoms with Crippen molar-refractivity contribution < 1.29 is 19.1 Å². The molecule has 28 heavy (non-hydrogen) atoms. The SMILES string of the molecule is CCOC(=O)c1c(-c2ccccc2)cn(NC(=O)c2cccc(OC)c2)c1N. The molecule has 7 heteroatoms. The first-order valence-electron chi connectivity index (χ1n) is 8.74. The summed E-state index contributed by atoms with van der Waals surface area (Å²) in [6, 6.07) is 16.0. The number of hydrogen-bond donors (Lipinski definition) is 2. The van der Waals surface area contributed by atoms with Crippen molar-refractivity contribution >= 4 is 17.7 Å². The first kappa shape index (κ1) is 19.0. The Balaban J connectivity index is 1.99. The van der Waals surface area contributed by atoms with Gasteiger partial charge in [0.05, 0.1) is 13.7 Å². The number of ether oxygens (including phenoxy) is 2. The molecule has 0 fully saturated rings. The molecule has 0 aliphatic heterocycles. The number of carbonyl (C=O) groups is 2. The second-order valence-electron chi connectivity index (χ2n) is 5.93. The van der Waals surface area contributed by atoms with Crippen LogP contribution in [0.4, 0.5) is 5.82 Å². The van der Waals surface area contributed by atoms with E-state index in [-0.39, 0.29) is 18.0 Å². The van der Waals surface area contributed by atoms with E-state index in [1.165, 1.54) is 11.8 Å². The van der Waals surface area contributed by atoms with Crippen molar-refractivity contribution in [3.8, 4) is 16.9 Å². The summed E-state index contributed by atoms with van der Waals surface area (Å²) in [4.78, 5) is 25.1. The van der Waals surface area contributed by atoms with E-state index in [2.05, 4.69) is 5.43 Å². The Hall–Kier alpha value is -3.74. The van der Waals surface area contributed by atoms with Gasteiger partial charge in [-0.2, -0.15) is 0 Å². The molecule has 0 bridgehead atoms. The minimum Gasteiger partial charge on any atom is -0.497 e. The summed E-state index contributed by atoms with van der Waals surface area (Å²) in [6.07, 6.45) is 1.61. The third-order valence-electron chi connectivity index (χ3n) is 4.16. The molecule has 144 valence electrons. The van der Waals surface area contributed by atoms with E-state index in [1.807, 2.05) is 30.3 Å². The zero-order chi connectivity index (χ0) is 20.1. The molecule has 1 heterocycles. The third-order valence-corrected chi connectivity index (χ3v) is 4.16. The number of carbonyl (C=O) groups excluding carboxylic acids is 2. The highest BCUT2D eigenvalue weighted by Gasteiger charge is 2.23. The van der Waals surface area contributed by atoms with E-state index in [0.717, 1.165) is 5.56 Å². The molecule has 0 spiro atoms. The zero-order valence-corrected chi connectivity index (χ0v) is 15.6. The molecule has 0 aliphatic rings. The van der Waals surface area contributed by atoms with E-state index < -0.39 is 11.9 Å². The number of nitrogen functional groups attached to an aromatic ring is 1. The fourth-order valence-corrected chi connectivity index (χ4v) is 2.81. The van der Waals surface area contributed by atoms with Crippen molar-refractivity contribution in [2.24, 2.45) is 0 Å². The number of anilines is 1. The lowest BCUT2D eigenvalue weighted by Crippen LogP contribution is -2.24. The van der Waals surface area contributed by atoms with Crippen molar-refractivity contribution in [3.63, 3.8) is 0 Å². The average molecular weight is 379 g/mol. The van der Waals surface area contributed by atoms with Crippen molar-refractivity contribution in [3.05, 3.63) is 71.9 Å². The Bertz CT molecular complexity index is 996. The molecule has 0 radical (unpaired) electrons. The smallest absolute Gasteiger partial charge is 0.342 e. The summed E-state index contributed by atoms with van der Waals surface area (Å²) in [5.74, 6) is -0.289. The van der Waals surface area contributed by atoms with Gasteiger partial charge in [-0.1, -0.05) is 36.4 Å². The minimum absolute atomic E-state index is 0.0912. The fraction of sp³-hybridized carbons (Fsp3) is 0.143. The van der Waals surface area contributed by atoms with Gasteiger partial charge in [0.2, 0.25) is 0 Å². The number of rotatable bonds is 6. The topological polar surface area (TPSA) is 95.6 Å². The van der Waals surface area contributed by atoms with Gasteiger partial charge in [0.1, 0.15) is 17.1 Å². The second-order valence-corrected chi connectivity index (χ2v) is 5.93. The first-order valence-corrected chi connectivity index (χ1v) is 8.74. The van der Waals surface area contributed by atoms with Gasteiger partial charge < -0.3 is 15.2 Å². The number of benzene rings is 2. The standard InChI is InChI=1S/C21H21N3O4/c1-3-28-21(26)18-17(14-8-5-4-6-9-14)13-24(19(18)22)23-20(25)15-10-7-11-16(12-15)27-2/h4-13H,3,22H2,1-2H3,(H,23,25). The lowest BCUT2D eigenvalue weighted by Gasteiger charge is -2.10. The van der Waals surface area contributed by atoms with E-state index >= 15 is 0 Å². The average Bonchev–Trinajstić information content (AvgIpc) is 3.05. The van der Waals surface area contributed by atoms with Crippen molar-refractivity contribution in [2.45, 2.75) is 6.92 Å². The van der Waals surface area contributed by atoms with Gasteiger partial charge in [0, 0.05) is 17.3 Å². The molecule has 3 aromatic rings. The largest absolute Gasteiger partial charge is 0.497 e. The molecule has 0 atom stereocenters. The monoisotopic (exact) mass is 379 g/mol. The highest BCUT2D eigenvalue weighted by molar-refractivity contribution is 6.04. The Morgan fingerprint density at radius 1 is 1.11 bits per heavy atom. The lowest BCUT2D eigenvalue weighted by molar-refractivity contribution is 0.0528. The number of esters is 1. The van der Waals surface area contributed by atoms with Gasteiger partial charge in [0.15, 0.2) is 0 Å². The molecule has 1 amide bonds. The number of nitrogens with zero attached hydrogens (tertiary/aromatic N) is 1. The highest BCUT2D eigenvalue weighted by Crippen LogP contribution is 2.30. The Morgan fingerprint density at radius 2 is 1.86 bits per heavy atom. The number of nitrogens with one attached hydrogen (secondary N) is 1. The molecule has 3 rings (SSSR count). The van der Waals surface area contributed by atoms with E-state index in [0.29, 0.717) is 16.9 Å². The van der Waals surface area contributed by atoms with Crippen LogP contribution in [-0.2, 0) is 4.74 Å². The maximum Gasteiger partial charge on any atom is 0.342 e. The van der Waals surface area contributed by atoms with Crippen LogP contribution in [0.5, 0.6) is 5.75 Å². The van der Waals surface area contributed by atoms with Gasteiger partial charge in [-0.15, -0.1) is 0 Å². The zero-order valence-electron chi connectivity index (χ0n) is 15.6. The molecule has 3 N–H and O–H groups in total. The van der Waals surface area contributed by atoms with Gasteiger partial charge in [-0.3, -0.25) is 10.2 Å². The van der Waals surface area contributed by atoms with Crippen LogP contribution >= 0.6 is 0 Å². The highest BCUT2D eigenvalue weighted by atomic mass is 16.5. The van der Waals surface area contributed by atoms with Crippen molar-refractivity contribution in [2.75, 3.05) is 24.9 Å². The molecule has 0 aliphatic carbocycles. The summed E-state index contributed by atoms with van der Waals surface area (Å²) in [5, 5.41) is 0. The molecule has 2 aromatic carbocycles. The molecule has 1 aromatic heterocycles. The van der Waals surface area contributed by atoms with Crippen molar-refractivity contribution in [1.29, 1.82) is 0 Å². The first-order chi connectivity index (χ1) is 13.5. The van der Waals surface area contributed by atoms with E-state index in [9.17, 15) is 9.59 Å². The molecule has 0 unspecified atom stereocenters. The fourth-order valence-electron chi connectivity index (χ4n) is 2.81. The number of amides is 1. The van der Waals surface area contributed by atoms with Crippen LogP contribution in [0, 0.1) is 0 Å². The van der Waals surface area contributed by atoms with Gasteiger partial charge in [0.25, 0.3) is 5.91 Å². The Labute approximate surface area is 162 Å². The predicted octanol–water partition coefficient (Wildman–Crippen LogP) is 3.31. The Kier molecular flexibility index (Phi) is 5.64. The van der Waals surface area contributed by atoms with E-state index in [4.69, 9.17) is 15.2 Å². The quantitative estimate of drug-likeness (QED) is 0.641. The second kappa shape index (κ2) is 8.30. The maximum absolute atomic E-state index is 12.6. The molecular weight excluding hydrogens is 358 g/mol. The summed E-state index contributed by atoms with van der Waals surface area (Å²) in [7, 11) is 1.53. The number of aromatic nitrogens is 1. The summed E-state index contributed by atoms with van der Waals surface area (Å²) >= 11 is 0. The lowest BCUT2D eigenvalue weighted by atomic mass is 10.0. The number of nitrogens with two attached hydrogens (primary N) is 1. The third kappa shape index (κ3) is 3.83. The maximum atomic E-state index is 12.6. The predicted molar refractivity (Wildman–Crippen MR) is 107 cm³/mol. The summed E-state index contributed by atoms with van der Waals surface area (Å²) in [5.41, 5.74) is 10.8. The molecule has 7 nitrogen and oxygen atoms in total. The number of methoxy groups -OCH3 is 1. The van der Waals surface area contributed by atoms with Crippen LogP contribution in [0.1, 0.15) is 27.6 Å². The summed E-state index contributed by atoms with van der Waals surface area (Å²) < 4.78 is 11.6. The van der Waals surface area contributed by atoms with Crippen LogP contribution < -0.4 is 15.9 Å². The normalized spacial score (nSPS) is 10.4. The van der Waals surface area contributed by atoms with Crippen LogP contribution in [0.3, 0.4) is 0 Å². The van der Waals surface area contributed by atoms with Gasteiger partial charge in [-0.05, 0) is 30.7 Å². The molecule has 0 saturated heterocycles. The van der Waals surface area contributed by atoms with E-state index in [1.54, 1.807) is 37.4 Å². The van der Waals surface area contributed by atoms with Gasteiger partial charge >= 0.3 is 5.97 Å². The van der Waals surface area contributed by atoms with Crippen LogP contribution in [0.15, 0.2) is 60.8 Å². The molecule has 0 saturated carbocycles. The number of hydrogen-bond acceptors (Lipinski definition) is 5. The van der Waals surface area contributed by atoms with Crippen LogP contribution in [0.2, 0.25) is 0 Å². The van der Waals surface area contributed by atoms with Crippen LogP contribution in [-0.4, -0.2) is 30.3 Å². The minimum atomic E-state index is -0.548.